The van der Waals surface area contributed by atoms with Crippen molar-refractivity contribution in [2.45, 2.75) is 0 Å². The van der Waals surface area contributed by atoms with Crippen LogP contribution in [0.25, 0.3) is 40.0 Å². The Balaban J connectivity index is 1.30. The summed E-state index contributed by atoms with van der Waals surface area (Å²) in [5.41, 5.74) is 2.94. The van der Waals surface area contributed by atoms with Gasteiger partial charge in [-0.05, 0) is 66.7 Å². The number of hydrogen-bond donors (Lipinski definition) is 1. The Morgan fingerprint density at radius 1 is 0.857 bits per heavy atom. The molecule has 0 unspecified atom stereocenters. The Bertz CT molecular complexity index is 1600. The molecule has 174 valence electrons. The first-order chi connectivity index (χ1) is 16.9. The molecule has 0 fully saturated rings. The van der Waals surface area contributed by atoms with Crippen molar-refractivity contribution < 1.29 is 13.6 Å². The first-order valence-corrected chi connectivity index (χ1v) is 11.8. The van der Waals surface area contributed by atoms with Crippen LogP contribution in [-0.4, -0.2) is 10.9 Å². The molecule has 9 heteroatoms. The normalized spacial score (nSPS) is 11.4. The fraction of sp³-hybridized carbons (Fsp3) is 0. The molecule has 0 atom stereocenters. The third-order valence-corrected chi connectivity index (χ3v) is 6.06. The van der Waals surface area contributed by atoms with Crippen molar-refractivity contribution in [3.05, 3.63) is 98.7 Å². The maximum Gasteiger partial charge on any atom is 0.248 e. The quantitative estimate of drug-likeness (QED) is 0.224. The monoisotopic (exact) mass is 542 g/mol. The lowest BCUT2D eigenvalue weighted by Crippen LogP contribution is -2.07. The van der Waals surface area contributed by atoms with E-state index < -0.39 is 0 Å². The lowest BCUT2D eigenvalue weighted by Gasteiger charge is -2.03. The second-order valence-electron chi connectivity index (χ2n) is 7.48. The van der Waals surface area contributed by atoms with Gasteiger partial charge in [0.15, 0.2) is 5.58 Å². The molecule has 0 saturated heterocycles. The van der Waals surface area contributed by atoms with Crippen LogP contribution in [0.4, 0.5) is 5.69 Å². The third-order valence-electron chi connectivity index (χ3n) is 5.01. The smallest absolute Gasteiger partial charge is 0.248 e. The summed E-state index contributed by atoms with van der Waals surface area (Å²) in [7, 11) is 0. The van der Waals surface area contributed by atoms with E-state index in [1.807, 2.05) is 6.07 Å². The van der Waals surface area contributed by atoms with E-state index in [2.05, 4.69) is 10.3 Å². The molecule has 0 bridgehead atoms. The largest absolute Gasteiger partial charge is 0.457 e. The van der Waals surface area contributed by atoms with E-state index in [-0.39, 0.29) is 5.91 Å². The van der Waals surface area contributed by atoms with Crippen LogP contribution in [0.1, 0.15) is 5.76 Å². The van der Waals surface area contributed by atoms with E-state index in [0.29, 0.717) is 65.4 Å². The summed E-state index contributed by atoms with van der Waals surface area (Å²) in [4.78, 5) is 16.9. The molecule has 0 aliphatic heterocycles. The molecule has 2 aromatic heterocycles. The number of amides is 1. The maximum absolute atomic E-state index is 12.5. The minimum atomic E-state index is -0.336. The van der Waals surface area contributed by atoms with Crippen LogP contribution in [-0.2, 0) is 4.79 Å². The highest BCUT2D eigenvalue weighted by Crippen LogP contribution is 2.33. The van der Waals surface area contributed by atoms with Crippen LogP contribution < -0.4 is 5.32 Å². The molecule has 5 rings (SSSR count). The second-order valence-corrected chi connectivity index (χ2v) is 9.17. The summed E-state index contributed by atoms with van der Waals surface area (Å²) in [5.74, 6) is 1.09. The molecular formula is C26H14Cl4N2O3. The zero-order valence-corrected chi connectivity index (χ0v) is 20.7. The Morgan fingerprint density at radius 3 is 2.51 bits per heavy atom. The number of furan rings is 1. The number of nitrogens with zero attached hydrogens (tertiary/aromatic N) is 1. The molecule has 0 saturated carbocycles. The van der Waals surface area contributed by atoms with Crippen molar-refractivity contribution in [2.24, 2.45) is 0 Å². The number of nitrogens with one attached hydrogen (secondary N) is 1. The molecule has 0 radical (unpaired) electrons. The molecule has 35 heavy (non-hydrogen) atoms. The minimum absolute atomic E-state index is 0.336. The number of halogens is 4. The number of hydrogen-bond acceptors (Lipinski definition) is 4. The van der Waals surface area contributed by atoms with E-state index >= 15 is 0 Å². The van der Waals surface area contributed by atoms with E-state index in [9.17, 15) is 4.79 Å². The van der Waals surface area contributed by atoms with Gasteiger partial charge in [0.2, 0.25) is 11.8 Å². The maximum atomic E-state index is 12.5. The van der Waals surface area contributed by atoms with Crippen LogP contribution in [0.3, 0.4) is 0 Å². The Kier molecular flexibility index (Phi) is 6.58. The van der Waals surface area contributed by atoms with Crippen LogP contribution in [0, 0.1) is 0 Å². The molecule has 1 N–H and O–H groups in total. The van der Waals surface area contributed by atoms with E-state index in [1.165, 1.54) is 6.08 Å². The van der Waals surface area contributed by atoms with Gasteiger partial charge in [0, 0.05) is 32.9 Å². The average molecular weight is 544 g/mol. The number of fused-ring (bicyclic) bond motifs is 1. The van der Waals surface area contributed by atoms with Crippen molar-refractivity contribution in [3.8, 4) is 22.8 Å². The highest BCUT2D eigenvalue weighted by atomic mass is 35.5. The lowest BCUT2D eigenvalue weighted by atomic mass is 10.2. The average Bonchev–Trinajstić information content (AvgIpc) is 3.45. The topological polar surface area (TPSA) is 68.3 Å². The number of carbonyl (C=O) groups excluding carboxylic acids is 1. The van der Waals surface area contributed by atoms with Gasteiger partial charge >= 0.3 is 0 Å². The number of benzene rings is 3. The highest BCUT2D eigenvalue weighted by Gasteiger charge is 2.13. The molecule has 5 aromatic rings. The number of oxazole rings is 1. The van der Waals surface area contributed by atoms with Gasteiger partial charge in [-0.1, -0.05) is 52.5 Å². The number of aromatic nitrogens is 1. The van der Waals surface area contributed by atoms with Gasteiger partial charge in [-0.2, -0.15) is 0 Å². The zero-order chi connectivity index (χ0) is 24.5. The SMILES string of the molecule is O=C(/C=C/c1ccc(-c2ccc(Cl)cc2Cl)o1)Nc1cccc(-c2nc3cc(Cl)cc(Cl)c3o2)c1. The molecule has 0 aliphatic carbocycles. The fourth-order valence-electron chi connectivity index (χ4n) is 3.43. The van der Waals surface area contributed by atoms with Crippen LogP contribution in [0.5, 0.6) is 0 Å². The standard InChI is InChI=1S/C26H14Cl4N2O3/c27-15-4-7-19(20(29)11-15)23-8-5-18(34-23)6-9-24(33)31-17-3-1-2-14(10-17)26-32-22-13-16(28)12-21(30)25(22)35-26/h1-13H,(H,31,33)/b9-6+. The lowest BCUT2D eigenvalue weighted by molar-refractivity contribution is -0.111. The van der Waals surface area contributed by atoms with E-state index in [4.69, 9.17) is 55.2 Å². The third kappa shape index (κ3) is 5.24. The first-order valence-electron chi connectivity index (χ1n) is 10.3. The fourth-order valence-corrected chi connectivity index (χ4v) is 4.45. The summed E-state index contributed by atoms with van der Waals surface area (Å²) in [6.07, 6.45) is 2.94. The summed E-state index contributed by atoms with van der Waals surface area (Å²) < 4.78 is 11.6. The molecule has 2 heterocycles. The van der Waals surface area contributed by atoms with Gasteiger partial charge in [-0.15, -0.1) is 0 Å². The molecule has 0 aliphatic rings. The number of rotatable bonds is 5. The van der Waals surface area contributed by atoms with E-state index in [0.717, 1.165) is 0 Å². The Hall–Kier alpha value is -3.22. The highest BCUT2D eigenvalue weighted by molar-refractivity contribution is 6.38. The second kappa shape index (κ2) is 9.80. The van der Waals surface area contributed by atoms with Gasteiger partial charge < -0.3 is 14.2 Å². The van der Waals surface area contributed by atoms with Gasteiger partial charge in [-0.25, -0.2) is 4.98 Å². The molecule has 0 spiro atoms. The molecule has 3 aromatic carbocycles. The number of anilines is 1. The van der Waals surface area contributed by atoms with E-state index in [1.54, 1.807) is 66.7 Å². The van der Waals surface area contributed by atoms with Gasteiger partial charge in [0.25, 0.3) is 0 Å². The Labute approximate surface area is 219 Å². The predicted molar refractivity (Wildman–Crippen MR) is 141 cm³/mol. The van der Waals surface area contributed by atoms with Gasteiger partial charge in [0.1, 0.15) is 17.0 Å². The van der Waals surface area contributed by atoms with Gasteiger partial charge in [0.05, 0.1) is 10.0 Å². The van der Waals surface area contributed by atoms with Crippen LogP contribution in [0.15, 0.2) is 81.6 Å². The Morgan fingerprint density at radius 2 is 1.69 bits per heavy atom. The van der Waals surface area contributed by atoms with Gasteiger partial charge in [-0.3, -0.25) is 4.79 Å². The zero-order valence-electron chi connectivity index (χ0n) is 17.7. The molecule has 5 nitrogen and oxygen atoms in total. The molecule has 1 amide bonds. The summed E-state index contributed by atoms with van der Waals surface area (Å²) in [6.45, 7) is 0. The predicted octanol–water partition coefficient (Wildman–Crippen LogP) is 9.02. The first kappa shape index (κ1) is 23.5. The summed E-state index contributed by atoms with van der Waals surface area (Å²) >= 11 is 24.4. The summed E-state index contributed by atoms with van der Waals surface area (Å²) in [6, 6.07) is 19.0. The van der Waals surface area contributed by atoms with Crippen molar-refractivity contribution in [1.29, 1.82) is 0 Å². The van der Waals surface area contributed by atoms with Crippen molar-refractivity contribution in [3.63, 3.8) is 0 Å². The molecular weight excluding hydrogens is 530 g/mol. The number of carbonyl (C=O) groups is 1. The summed E-state index contributed by atoms with van der Waals surface area (Å²) in [5, 5.41) is 4.67. The minimum Gasteiger partial charge on any atom is -0.457 e. The van der Waals surface area contributed by atoms with Crippen LogP contribution >= 0.6 is 46.4 Å². The van der Waals surface area contributed by atoms with Crippen LogP contribution in [0.2, 0.25) is 20.1 Å². The van der Waals surface area contributed by atoms with Crippen molar-refractivity contribution >= 4 is 75.2 Å². The van der Waals surface area contributed by atoms with Crippen molar-refractivity contribution in [2.75, 3.05) is 5.32 Å². The van der Waals surface area contributed by atoms with Crippen molar-refractivity contribution in [1.82, 2.24) is 4.98 Å².